The maximum absolute atomic E-state index is 10.6. The molecule has 2 rings (SSSR count). The zero-order chi connectivity index (χ0) is 9.42. The summed E-state index contributed by atoms with van der Waals surface area (Å²) in [5.41, 5.74) is 1.91. The molecular formula is C9H6BrNO2. The second-order valence-corrected chi connectivity index (χ2v) is 3.62. The van der Waals surface area contributed by atoms with Crippen LogP contribution in [-0.2, 0) is 6.42 Å². The predicted octanol–water partition coefficient (Wildman–Crippen LogP) is 2.11. The van der Waals surface area contributed by atoms with Gasteiger partial charge in [-0.2, -0.15) is 0 Å². The maximum Gasteiger partial charge on any atom is 0.354 e. The van der Waals surface area contributed by atoms with Gasteiger partial charge in [0.25, 0.3) is 0 Å². The molecule has 1 aromatic heterocycles. The van der Waals surface area contributed by atoms with Crippen molar-refractivity contribution in [3.05, 3.63) is 33.6 Å². The molecule has 1 N–H and O–H groups in total. The second-order valence-electron chi connectivity index (χ2n) is 2.76. The smallest absolute Gasteiger partial charge is 0.354 e. The summed E-state index contributed by atoms with van der Waals surface area (Å²) in [4.78, 5) is 14.7. The predicted molar refractivity (Wildman–Crippen MR) is 51.6 cm³/mol. The van der Waals surface area contributed by atoms with Crippen LogP contribution < -0.4 is 0 Å². The molecule has 0 amide bonds. The van der Waals surface area contributed by atoms with E-state index in [1.807, 2.05) is 12.2 Å². The summed E-state index contributed by atoms with van der Waals surface area (Å²) in [5, 5.41) is 8.74. The van der Waals surface area contributed by atoms with E-state index in [-0.39, 0.29) is 5.69 Å². The van der Waals surface area contributed by atoms with E-state index >= 15 is 0 Å². The number of rotatable bonds is 1. The van der Waals surface area contributed by atoms with Crippen LogP contribution >= 0.6 is 15.9 Å². The maximum atomic E-state index is 10.6. The van der Waals surface area contributed by atoms with Crippen molar-refractivity contribution in [2.24, 2.45) is 0 Å². The minimum atomic E-state index is -0.990. The molecule has 0 saturated carbocycles. The molecule has 0 saturated heterocycles. The molecule has 1 aromatic rings. The van der Waals surface area contributed by atoms with Crippen molar-refractivity contribution < 1.29 is 9.90 Å². The average molecular weight is 240 g/mol. The number of carboxylic acids is 1. The molecule has 13 heavy (non-hydrogen) atoms. The van der Waals surface area contributed by atoms with Crippen molar-refractivity contribution in [1.82, 2.24) is 4.98 Å². The monoisotopic (exact) mass is 239 g/mol. The number of aromatic carboxylic acids is 1. The molecule has 0 aromatic carbocycles. The number of carbonyl (C=O) groups is 1. The molecule has 0 spiro atoms. The van der Waals surface area contributed by atoms with Crippen molar-refractivity contribution in [2.45, 2.75) is 6.42 Å². The van der Waals surface area contributed by atoms with Crippen LogP contribution in [-0.4, -0.2) is 16.1 Å². The van der Waals surface area contributed by atoms with Gasteiger partial charge in [-0.3, -0.25) is 0 Å². The molecule has 0 atom stereocenters. The van der Waals surface area contributed by atoms with Crippen LogP contribution in [0.4, 0.5) is 0 Å². The van der Waals surface area contributed by atoms with E-state index in [2.05, 4.69) is 20.9 Å². The van der Waals surface area contributed by atoms with Gasteiger partial charge in [0, 0.05) is 16.5 Å². The SMILES string of the molecule is O=C(O)c1cc(Br)c2c(n1)CC=C2. The van der Waals surface area contributed by atoms with Crippen LogP contribution in [0.1, 0.15) is 21.7 Å². The Hall–Kier alpha value is -1.16. The first-order chi connectivity index (χ1) is 6.18. The lowest BCUT2D eigenvalue weighted by Crippen LogP contribution is -2.03. The standard InChI is InChI=1S/C9H6BrNO2/c10-6-4-8(9(12)13)11-7-3-1-2-5(6)7/h1-2,4H,3H2,(H,12,13). The van der Waals surface area contributed by atoms with Crippen molar-refractivity contribution >= 4 is 28.0 Å². The van der Waals surface area contributed by atoms with Gasteiger partial charge in [-0.05, 0) is 6.07 Å². The molecule has 0 unspecified atom stereocenters. The molecule has 1 aliphatic rings. The number of aromatic nitrogens is 1. The number of carboxylic acid groups (broad SMARTS) is 1. The Morgan fingerprint density at radius 2 is 2.38 bits per heavy atom. The lowest BCUT2D eigenvalue weighted by molar-refractivity contribution is 0.0690. The molecule has 0 radical (unpaired) electrons. The summed E-state index contributed by atoms with van der Waals surface area (Å²) in [7, 11) is 0. The Morgan fingerprint density at radius 1 is 1.62 bits per heavy atom. The molecule has 3 nitrogen and oxygen atoms in total. The average Bonchev–Trinajstić information content (AvgIpc) is 2.51. The molecule has 66 valence electrons. The largest absolute Gasteiger partial charge is 0.477 e. The van der Waals surface area contributed by atoms with Crippen molar-refractivity contribution in [2.75, 3.05) is 0 Å². The first kappa shape index (κ1) is 8.44. The number of nitrogens with zero attached hydrogens (tertiary/aromatic N) is 1. The Bertz CT molecular complexity index is 412. The van der Waals surface area contributed by atoms with Gasteiger partial charge in [-0.25, -0.2) is 9.78 Å². The number of hydrogen-bond acceptors (Lipinski definition) is 2. The van der Waals surface area contributed by atoms with E-state index < -0.39 is 5.97 Å². The summed E-state index contributed by atoms with van der Waals surface area (Å²) in [5.74, 6) is -0.990. The van der Waals surface area contributed by atoms with E-state index in [0.717, 1.165) is 22.2 Å². The second kappa shape index (κ2) is 2.96. The minimum absolute atomic E-state index is 0.0920. The van der Waals surface area contributed by atoms with Crippen LogP contribution in [0.25, 0.3) is 6.08 Å². The van der Waals surface area contributed by atoms with E-state index in [9.17, 15) is 4.79 Å². The van der Waals surface area contributed by atoms with Crippen LogP contribution in [0.3, 0.4) is 0 Å². The van der Waals surface area contributed by atoms with Gasteiger partial charge in [0.2, 0.25) is 0 Å². The van der Waals surface area contributed by atoms with Gasteiger partial charge in [0.15, 0.2) is 0 Å². The zero-order valence-electron chi connectivity index (χ0n) is 6.62. The summed E-state index contributed by atoms with van der Waals surface area (Å²) in [6.45, 7) is 0. The molecule has 1 heterocycles. The number of fused-ring (bicyclic) bond motifs is 1. The third kappa shape index (κ3) is 1.37. The zero-order valence-corrected chi connectivity index (χ0v) is 8.21. The fourth-order valence-corrected chi connectivity index (χ4v) is 1.88. The Kier molecular flexibility index (Phi) is 1.92. The number of pyridine rings is 1. The van der Waals surface area contributed by atoms with Crippen LogP contribution in [0.15, 0.2) is 16.6 Å². The molecule has 0 fully saturated rings. The lowest BCUT2D eigenvalue weighted by Gasteiger charge is -2.02. The quantitative estimate of drug-likeness (QED) is 0.817. The number of hydrogen-bond donors (Lipinski definition) is 1. The Morgan fingerprint density at radius 3 is 3.08 bits per heavy atom. The van der Waals surface area contributed by atoms with E-state index in [4.69, 9.17) is 5.11 Å². The summed E-state index contributed by atoms with van der Waals surface area (Å²) in [6, 6.07) is 1.52. The molecule has 0 bridgehead atoms. The third-order valence-corrected chi connectivity index (χ3v) is 2.56. The summed E-state index contributed by atoms with van der Waals surface area (Å²) < 4.78 is 0.795. The molecule has 0 aliphatic heterocycles. The van der Waals surface area contributed by atoms with Crippen molar-refractivity contribution in [1.29, 1.82) is 0 Å². The lowest BCUT2D eigenvalue weighted by atomic mass is 10.2. The topological polar surface area (TPSA) is 50.2 Å². The highest BCUT2D eigenvalue weighted by Crippen LogP contribution is 2.26. The Labute approximate surface area is 83.2 Å². The van der Waals surface area contributed by atoms with Crippen LogP contribution in [0, 0.1) is 0 Å². The van der Waals surface area contributed by atoms with Crippen LogP contribution in [0.5, 0.6) is 0 Å². The fraction of sp³-hybridized carbons (Fsp3) is 0.111. The third-order valence-electron chi connectivity index (χ3n) is 1.90. The minimum Gasteiger partial charge on any atom is -0.477 e. The normalized spacial score (nSPS) is 13.0. The molecule has 1 aliphatic carbocycles. The van der Waals surface area contributed by atoms with Crippen molar-refractivity contribution in [3.8, 4) is 0 Å². The van der Waals surface area contributed by atoms with Gasteiger partial charge in [-0.15, -0.1) is 0 Å². The van der Waals surface area contributed by atoms with Gasteiger partial charge in [0.1, 0.15) is 5.69 Å². The Balaban J connectivity index is 2.59. The van der Waals surface area contributed by atoms with Gasteiger partial charge < -0.3 is 5.11 Å². The molecular weight excluding hydrogens is 234 g/mol. The number of halogens is 1. The van der Waals surface area contributed by atoms with Gasteiger partial charge in [0.05, 0.1) is 5.69 Å². The highest BCUT2D eigenvalue weighted by atomic mass is 79.9. The van der Waals surface area contributed by atoms with Crippen LogP contribution in [0.2, 0.25) is 0 Å². The van der Waals surface area contributed by atoms with E-state index in [1.54, 1.807) is 0 Å². The first-order valence-corrected chi connectivity index (χ1v) is 4.57. The fourth-order valence-electron chi connectivity index (χ4n) is 1.30. The molecule has 4 heteroatoms. The first-order valence-electron chi connectivity index (χ1n) is 3.78. The summed E-state index contributed by atoms with van der Waals surface area (Å²) >= 11 is 3.31. The summed E-state index contributed by atoms with van der Waals surface area (Å²) in [6.07, 6.45) is 4.63. The van der Waals surface area contributed by atoms with Gasteiger partial charge >= 0.3 is 5.97 Å². The van der Waals surface area contributed by atoms with Gasteiger partial charge in [-0.1, -0.05) is 28.1 Å². The highest BCUT2D eigenvalue weighted by molar-refractivity contribution is 9.10. The van der Waals surface area contributed by atoms with E-state index in [0.29, 0.717) is 0 Å². The van der Waals surface area contributed by atoms with Crippen molar-refractivity contribution in [3.63, 3.8) is 0 Å². The van der Waals surface area contributed by atoms with E-state index in [1.165, 1.54) is 6.07 Å². The number of allylic oxidation sites excluding steroid dienone is 1. The highest BCUT2D eigenvalue weighted by Gasteiger charge is 2.14.